The van der Waals surface area contributed by atoms with Gasteiger partial charge in [0.2, 0.25) is 0 Å². The summed E-state index contributed by atoms with van der Waals surface area (Å²) in [4.78, 5) is 0. The summed E-state index contributed by atoms with van der Waals surface area (Å²) >= 11 is 0. The van der Waals surface area contributed by atoms with Crippen LogP contribution in [0.1, 0.15) is 42.6 Å². The van der Waals surface area contributed by atoms with E-state index in [4.69, 9.17) is 9.47 Å². The van der Waals surface area contributed by atoms with Gasteiger partial charge in [0.25, 0.3) is 0 Å². The SMILES string of the molecule is COc1cc(C)c(C2CO2)cc1C(C)C. The van der Waals surface area contributed by atoms with Crippen molar-refractivity contribution in [2.24, 2.45) is 0 Å². The van der Waals surface area contributed by atoms with Crippen molar-refractivity contribution < 1.29 is 9.47 Å². The van der Waals surface area contributed by atoms with Gasteiger partial charge >= 0.3 is 0 Å². The molecule has 1 aliphatic heterocycles. The lowest BCUT2D eigenvalue weighted by Gasteiger charge is -2.15. The predicted molar refractivity (Wildman–Crippen MR) is 60.5 cm³/mol. The Morgan fingerprint density at radius 1 is 1.40 bits per heavy atom. The number of aryl methyl sites for hydroxylation is 1. The van der Waals surface area contributed by atoms with Gasteiger partial charge in [-0.25, -0.2) is 0 Å². The second-order valence-corrected chi connectivity index (χ2v) is 4.43. The Bertz CT molecular complexity index is 365. The smallest absolute Gasteiger partial charge is 0.122 e. The second-order valence-electron chi connectivity index (χ2n) is 4.43. The maximum absolute atomic E-state index is 5.40. The Labute approximate surface area is 91.2 Å². The largest absolute Gasteiger partial charge is 0.496 e. The number of rotatable bonds is 3. The maximum Gasteiger partial charge on any atom is 0.122 e. The number of benzene rings is 1. The fourth-order valence-corrected chi connectivity index (χ4v) is 1.92. The molecule has 0 radical (unpaired) electrons. The minimum absolute atomic E-state index is 0.327. The van der Waals surface area contributed by atoms with Crippen molar-refractivity contribution in [2.45, 2.75) is 32.8 Å². The summed E-state index contributed by atoms with van der Waals surface area (Å²) < 4.78 is 10.7. The number of methoxy groups -OCH3 is 1. The Morgan fingerprint density at radius 2 is 2.07 bits per heavy atom. The third-order valence-electron chi connectivity index (χ3n) is 2.92. The average Bonchev–Trinajstić information content (AvgIpc) is 3.00. The molecule has 15 heavy (non-hydrogen) atoms. The van der Waals surface area contributed by atoms with Gasteiger partial charge in [-0.3, -0.25) is 0 Å². The van der Waals surface area contributed by atoms with Gasteiger partial charge in [-0.05, 0) is 41.7 Å². The highest BCUT2D eigenvalue weighted by atomic mass is 16.6. The molecule has 0 saturated carbocycles. The van der Waals surface area contributed by atoms with Crippen molar-refractivity contribution in [2.75, 3.05) is 13.7 Å². The summed E-state index contributed by atoms with van der Waals surface area (Å²) in [5, 5.41) is 0. The molecule has 1 unspecified atom stereocenters. The van der Waals surface area contributed by atoms with E-state index < -0.39 is 0 Å². The normalized spacial score (nSPS) is 19.4. The lowest BCUT2D eigenvalue weighted by molar-refractivity contribution is 0.403. The van der Waals surface area contributed by atoms with E-state index in [1.807, 2.05) is 0 Å². The zero-order valence-corrected chi connectivity index (χ0v) is 9.83. The van der Waals surface area contributed by atoms with Crippen LogP contribution in [-0.4, -0.2) is 13.7 Å². The Kier molecular flexibility index (Phi) is 2.70. The van der Waals surface area contributed by atoms with E-state index in [9.17, 15) is 0 Å². The first kappa shape index (κ1) is 10.5. The van der Waals surface area contributed by atoms with E-state index >= 15 is 0 Å². The zero-order valence-electron chi connectivity index (χ0n) is 9.83. The van der Waals surface area contributed by atoms with Crippen LogP contribution in [0.5, 0.6) is 5.75 Å². The maximum atomic E-state index is 5.40. The highest BCUT2D eigenvalue weighted by Gasteiger charge is 2.27. The molecule has 1 heterocycles. The van der Waals surface area contributed by atoms with Crippen LogP contribution in [0.25, 0.3) is 0 Å². The molecule has 2 nitrogen and oxygen atoms in total. The molecular formula is C13H18O2. The molecule has 0 spiro atoms. The van der Waals surface area contributed by atoms with Gasteiger partial charge in [0, 0.05) is 0 Å². The van der Waals surface area contributed by atoms with Crippen LogP contribution >= 0.6 is 0 Å². The number of hydrogen-bond donors (Lipinski definition) is 0. The number of ether oxygens (including phenoxy) is 2. The highest BCUT2D eigenvalue weighted by Crippen LogP contribution is 2.37. The van der Waals surface area contributed by atoms with E-state index in [0.717, 1.165) is 12.4 Å². The first-order valence-corrected chi connectivity index (χ1v) is 5.43. The molecule has 1 saturated heterocycles. The van der Waals surface area contributed by atoms with E-state index in [2.05, 4.69) is 32.9 Å². The van der Waals surface area contributed by atoms with E-state index in [1.165, 1.54) is 16.7 Å². The molecule has 0 amide bonds. The summed E-state index contributed by atoms with van der Waals surface area (Å²) in [6, 6.07) is 4.35. The lowest BCUT2D eigenvalue weighted by atomic mass is 9.95. The van der Waals surface area contributed by atoms with Gasteiger partial charge in [-0.15, -0.1) is 0 Å². The fraction of sp³-hybridized carbons (Fsp3) is 0.538. The van der Waals surface area contributed by atoms with Crippen molar-refractivity contribution in [3.05, 3.63) is 28.8 Å². The molecule has 82 valence electrons. The van der Waals surface area contributed by atoms with Gasteiger partial charge in [0.15, 0.2) is 0 Å². The third-order valence-corrected chi connectivity index (χ3v) is 2.92. The molecule has 0 aliphatic carbocycles. The monoisotopic (exact) mass is 206 g/mol. The van der Waals surface area contributed by atoms with E-state index in [-0.39, 0.29) is 0 Å². The first-order chi connectivity index (χ1) is 7.13. The van der Waals surface area contributed by atoms with Crippen molar-refractivity contribution in [1.29, 1.82) is 0 Å². The number of hydrogen-bond acceptors (Lipinski definition) is 2. The van der Waals surface area contributed by atoms with Gasteiger partial charge in [-0.1, -0.05) is 13.8 Å². The minimum Gasteiger partial charge on any atom is -0.496 e. The van der Waals surface area contributed by atoms with Crippen molar-refractivity contribution in [3.8, 4) is 5.75 Å². The summed E-state index contributed by atoms with van der Waals surface area (Å²) in [5.41, 5.74) is 3.85. The summed E-state index contributed by atoms with van der Waals surface area (Å²) in [7, 11) is 1.73. The fourth-order valence-electron chi connectivity index (χ4n) is 1.92. The molecule has 1 atom stereocenters. The molecule has 0 N–H and O–H groups in total. The van der Waals surface area contributed by atoms with Crippen LogP contribution in [0.4, 0.5) is 0 Å². The Hall–Kier alpha value is -1.02. The molecule has 1 fully saturated rings. The van der Waals surface area contributed by atoms with Crippen LogP contribution < -0.4 is 4.74 Å². The summed E-state index contributed by atoms with van der Waals surface area (Å²) in [6.45, 7) is 7.35. The molecule has 1 aromatic rings. The Morgan fingerprint density at radius 3 is 2.53 bits per heavy atom. The van der Waals surface area contributed by atoms with Crippen LogP contribution in [-0.2, 0) is 4.74 Å². The molecule has 2 heteroatoms. The van der Waals surface area contributed by atoms with Gasteiger partial charge in [-0.2, -0.15) is 0 Å². The molecule has 1 aromatic carbocycles. The molecule has 2 rings (SSSR count). The third kappa shape index (κ3) is 2.00. The van der Waals surface area contributed by atoms with Gasteiger partial charge < -0.3 is 9.47 Å². The standard InChI is InChI=1S/C13H18O2/c1-8(2)10-6-11(13-7-15-13)9(3)5-12(10)14-4/h5-6,8,13H,7H2,1-4H3. The number of epoxide rings is 1. The van der Waals surface area contributed by atoms with Crippen LogP contribution in [0.3, 0.4) is 0 Å². The minimum atomic E-state index is 0.327. The predicted octanol–water partition coefficient (Wildman–Crippen LogP) is 3.20. The van der Waals surface area contributed by atoms with Gasteiger partial charge in [0.05, 0.1) is 13.7 Å². The van der Waals surface area contributed by atoms with E-state index in [1.54, 1.807) is 7.11 Å². The molecule has 1 aliphatic rings. The van der Waals surface area contributed by atoms with Crippen LogP contribution in [0.15, 0.2) is 12.1 Å². The van der Waals surface area contributed by atoms with Crippen molar-refractivity contribution >= 4 is 0 Å². The van der Waals surface area contributed by atoms with Crippen LogP contribution in [0.2, 0.25) is 0 Å². The van der Waals surface area contributed by atoms with Crippen LogP contribution in [0, 0.1) is 6.92 Å². The van der Waals surface area contributed by atoms with Crippen molar-refractivity contribution in [3.63, 3.8) is 0 Å². The molecule has 0 aromatic heterocycles. The topological polar surface area (TPSA) is 21.8 Å². The molecular weight excluding hydrogens is 188 g/mol. The molecule has 0 bridgehead atoms. The first-order valence-electron chi connectivity index (χ1n) is 5.43. The Balaban J connectivity index is 2.46. The van der Waals surface area contributed by atoms with Crippen molar-refractivity contribution in [1.82, 2.24) is 0 Å². The quantitative estimate of drug-likeness (QED) is 0.708. The van der Waals surface area contributed by atoms with E-state index in [0.29, 0.717) is 12.0 Å². The summed E-state index contributed by atoms with van der Waals surface area (Å²) in [5.74, 6) is 1.48. The highest BCUT2D eigenvalue weighted by molar-refractivity contribution is 5.45. The average molecular weight is 206 g/mol. The lowest BCUT2D eigenvalue weighted by Crippen LogP contribution is -1.98. The zero-order chi connectivity index (χ0) is 11.0. The summed E-state index contributed by atoms with van der Waals surface area (Å²) in [6.07, 6.45) is 0.327. The second kappa shape index (κ2) is 3.86. The van der Waals surface area contributed by atoms with Gasteiger partial charge in [0.1, 0.15) is 11.9 Å².